The van der Waals surface area contributed by atoms with Gasteiger partial charge < -0.3 is 9.80 Å². The highest BCUT2D eigenvalue weighted by Crippen LogP contribution is 2.30. The molecule has 0 unspecified atom stereocenters. The highest BCUT2D eigenvalue weighted by molar-refractivity contribution is 6.31. The maximum absolute atomic E-state index is 11.5. The Hall–Kier alpha value is -1.96. The molecule has 9 heteroatoms. The number of hydrogen-bond donors (Lipinski definition) is 0. The molecule has 1 rings (SSSR count). The van der Waals surface area contributed by atoms with Crippen LogP contribution in [0.3, 0.4) is 0 Å². The lowest BCUT2D eigenvalue weighted by Crippen LogP contribution is -2.35. The first-order chi connectivity index (χ1) is 8.34. The number of halogens is 1. The van der Waals surface area contributed by atoms with Crippen molar-refractivity contribution in [1.82, 2.24) is 14.9 Å². The van der Waals surface area contributed by atoms with E-state index in [0.717, 1.165) is 6.33 Å². The van der Waals surface area contributed by atoms with Crippen molar-refractivity contribution in [3.63, 3.8) is 0 Å². The van der Waals surface area contributed by atoms with Crippen LogP contribution in [0.1, 0.15) is 0 Å². The second-order valence-electron chi connectivity index (χ2n) is 3.74. The van der Waals surface area contributed by atoms with Gasteiger partial charge in [-0.2, -0.15) is 0 Å². The number of hydrogen-bond acceptors (Lipinski definition) is 6. The molecule has 0 aliphatic heterocycles. The Kier molecular flexibility index (Phi) is 4.38. The summed E-state index contributed by atoms with van der Waals surface area (Å²) in [6.45, 7) is -0.0405. The normalized spacial score (nSPS) is 10.0. The van der Waals surface area contributed by atoms with Crippen LogP contribution in [-0.2, 0) is 4.79 Å². The first kappa shape index (κ1) is 14.1. The van der Waals surface area contributed by atoms with Gasteiger partial charge in [0.05, 0.1) is 11.5 Å². The summed E-state index contributed by atoms with van der Waals surface area (Å²) in [5.74, 6) is -0.197. The fraction of sp³-hybridized carbons (Fsp3) is 0.444. The Morgan fingerprint density at radius 2 is 2.06 bits per heavy atom. The van der Waals surface area contributed by atoms with Crippen molar-refractivity contribution in [3.8, 4) is 0 Å². The van der Waals surface area contributed by atoms with E-state index in [4.69, 9.17) is 11.6 Å². The van der Waals surface area contributed by atoms with Crippen molar-refractivity contribution in [1.29, 1.82) is 0 Å². The average Bonchev–Trinajstić information content (AvgIpc) is 2.27. The van der Waals surface area contributed by atoms with Crippen LogP contribution in [0, 0.1) is 10.1 Å². The van der Waals surface area contributed by atoms with Gasteiger partial charge in [0.15, 0.2) is 0 Å². The van der Waals surface area contributed by atoms with Crippen LogP contribution >= 0.6 is 11.6 Å². The van der Waals surface area contributed by atoms with Gasteiger partial charge in [-0.15, -0.1) is 0 Å². The van der Waals surface area contributed by atoms with E-state index in [1.807, 2.05) is 0 Å². The van der Waals surface area contributed by atoms with Crippen molar-refractivity contribution in [2.45, 2.75) is 0 Å². The smallest absolute Gasteiger partial charge is 0.347 e. The van der Waals surface area contributed by atoms with E-state index in [1.165, 1.54) is 16.8 Å². The van der Waals surface area contributed by atoms with Crippen LogP contribution in [0.15, 0.2) is 6.33 Å². The van der Waals surface area contributed by atoms with Crippen LogP contribution in [-0.4, -0.2) is 53.4 Å². The monoisotopic (exact) mass is 273 g/mol. The van der Waals surface area contributed by atoms with Crippen LogP contribution in [0.4, 0.5) is 11.5 Å². The summed E-state index contributed by atoms with van der Waals surface area (Å²) in [5.41, 5.74) is -0.409. The third-order valence-corrected chi connectivity index (χ3v) is 2.45. The van der Waals surface area contributed by atoms with E-state index >= 15 is 0 Å². The first-order valence-electron chi connectivity index (χ1n) is 4.90. The maximum Gasteiger partial charge on any atom is 0.348 e. The third kappa shape index (κ3) is 3.04. The summed E-state index contributed by atoms with van der Waals surface area (Å²) in [4.78, 5) is 31.8. The quantitative estimate of drug-likeness (QED) is 0.452. The summed E-state index contributed by atoms with van der Waals surface area (Å²) in [7, 11) is 4.71. The summed E-state index contributed by atoms with van der Waals surface area (Å²) in [6.07, 6.45) is 1.11. The third-order valence-electron chi connectivity index (χ3n) is 2.17. The van der Waals surface area contributed by atoms with Gasteiger partial charge in [-0.25, -0.2) is 9.97 Å². The molecule has 0 aliphatic carbocycles. The molecule has 0 fully saturated rings. The second kappa shape index (κ2) is 5.58. The molecule has 1 aromatic heterocycles. The number of nitrogens with zero attached hydrogens (tertiary/aromatic N) is 5. The molecule has 0 spiro atoms. The van der Waals surface area contributed by atoms with Crippen molar-refractivity contribution >= 4 is 29.0 Å². The van der Waals surface area contributed by atoms with Crippen LogP contribution in [0.2, 0.25) is 5.15 Å². The molecule has 98 valence electrons. The lowest BCUT2D eigenvalue weighted by atomic mass is 10.4. The van der Waals surface area contributed by atoms with Crippen LogP contribution in [0.5, 0.6) is 0 Å². The van der Waals surface area contributed by atoms with Crippen molar-refractivity contribution in [3.05, 3.63) is 21.6 Å². The van der Waals surface area contributed by atoms with Crippen molar-refractivity contribution in [2.24, 2.45) is 0 Å². The molecule has 0 N–H and O–H groups in total. The molecule has 0 aromatic carbocycles. The lowest BCUT2D eigenvalue weighted by Gasteiger charge is -2.19. The molecule has 8 nitrogen and oxygen atoms in total. The van der Waals surface area contributed by atoms with Gasteiger partial charge in [-0.1, -0.05) is 11.6 Å². The average molecular weight is 274 g/mol. The molecule has 1 heterocycles. The van der Waals surface area contributed by atoms with Gasteiger partial charge in [0, 0.05) is 21.1 Å². The zero-order chi connectivity index (χ0) is 13.9. The predicted molar refractivity (Wildman–Crippen MR) is 65.7 cm³/mol. The van der Waals surface area contributed by atoms with Crippen LogP contribution in [0.25, 0.3) is 0 Å². The van der Waals surface area contributed by atoms with E-state index in [9.17, 15) is 14.9 Å². The summed E-state index contributed by atoms with van der Waals surface area (Å²) in [5, 5.41) is 10.6. The van der Waals surface area contributed by atoms with Gasteiger partial charge in [-0.3, -0.25) is 14.9 Å². The zero-order valence-corrected chi connectivity index (χ0v) is 10.9. The number of anilines is 1. The minimum absolute atomic E-state index is 0.00944. The van der Waals surface area contributed by atoms with Gasteiger partial charge >= 0.3 is 5.69 Å². The molecule has 0 aliphatic rings. The molecule has 1 aromatic rings. The SMILES string of the molecule is CN(C)C(=O)CN(C)c1ncnc(Cl)c1[N+](=O)[O-]. The second-order valence-corrected chi connectivity index (χ2v) is 4.10. The van der Waals surface area contributed by atoms with Gasteiger partial charge in [0.2, 0.25) is 16.9 Å². The lowest BCUT2D eigenvalue weighted by molar-refractivity contribution is -0.384. The van der Waals surface area contributed by atoms with Gasteiger partial charge in [0.25, 0.3) is 0 Å². The number of aromatic nitrogens is 2. The first-order valence-corrected chi connectivity index (χ1v) is 5.28. The minimum Gasteiger partial charge on any atom is -0.347 e. The number of amides is 1. The maximum atomic E-state index is 11.5. The van der Waals surface area contributed by atoms with Crippen LogP contribution < -0.4 is 4.90 Å². The largest absolute Gasteiger partial charge is 0.348 e. The zero-order valence-electron chi connectivity index (χ0n) is 10.1. The van der Waals surface area contributed by atoms with E-state index in [2.05, 4.69) is 9.97 Å². The van der Waals surface area contributed by atoms with Crippen molar-refractivity contribution in [2.75, 3.05) is 32.6 Å². The van der Waals surface area contributed by atoms with E-state index < -0.39 is 10.6 Å². The van der Waals surface area contributed by atoms with Gasteiger partial charge in [0.1, 0.15) is 6.33 Å². The van der Waals surface area contributed by atoms with Gasteiger partial charge in [-0.05, 0) is 0 Å². The molecule has 0 bridgehead atoms. The summed E-state index contributed by atoms with van der Waals surface area (Å²) < 4.78 is 0. The van der Waals surface area contributed by atoms with E-state index in [-0.39, 0.29) is 23.4 Å². The highest BCUT2D eigenvalue weighted by atomic mass is 35.5. The summed E-state index contributed by atoms with van der Waals surface area (Å²) in [6, 6.07) is 0. The Labute approximate surface area is 108 Å². The number of carbonyl (C=O) groups excluding carboxylic acids is 1. The molecule has 18 heavy (non-hydrogen) atoms. The number of carbonyl (C=O) groups is 1. The number of nitro groups is 1. The molecule has 0 atom stereocenters. The van der Waals surface area contributed by atoms with Crippen molar-refractivity contribution < 1.29 is 9.72 Å². The molecule has 1 amide bonds. The number of rotatable bonds is 4. The molecule has 0 radical (unpaired) electrons. The molecular formula is C9H12ClN5O3. The molecule has 0 saturated carbocycles. The predicted octanol–water partition coefficient (Wildman–Crippen LogP) is 0.563. The fourth-order valence-electron chi connectivity index (χ4n) is 1.20. The molecular weight excluding hydrogens is 262 g/mol. The Morgan fingerprint density at radius 1 is 1.44 bits per heavy atom. The highest BCUT2D eigenvalue weighted by Gasteiger charge is 2.25. The standard InChI is InChI=1S/C9H12ClN5O3/c1-13(2)6(16)4-14(3)9-7(15(17)18)8(10)11-5-12-9/h5H,4H2,1-3H3. The Bertz CT molecular complexity index is 479. The van der Waals surface area contributed by atoms with E-state index in [1.54, 1.807) is 14.1 Å². The Balaban J connectivity index is 3.06. The number of likely N-dealkylation sites (N-methyl/N-ethyl adjacent to an activating group) is 2. The topological polar surface area (TPSA) is 92.5 Å². The fourth-order valence-corrected chi connectivity index (χ4v) is 1.40. The van der Waals surface area contributed by atoms with E-state index in [0.29, 0.717) is 0 Å². The Morgan fingerprint density at radius 3 is 2.56 bits per heavy atom. The minimum atomic E-state index is -0.672. The summed E-state index contributed by atoms with van der Waals surface area (Å²) >= 11 is 5.65. The molecule has 0 saturated heterocycles.